The zero-order valence-electron chi connectivity index (χ0n) is 9.85. The summed E-state index contributed by atoms with van der Waals surface area (Å²) < 4.78 is 14.9. The number of Topliss-reactive ketones (excluding diaryl/α,β-unsaturated/α-hetero) is 1. The molecule has 1 N–H and O–H groups in total. The lowest BCUT2D eigenvalue weighted by atomic mass is 10.2. The van der Waals surface area contributed by atoms with Crippen LogP contribution in [0.1, 0.15) is 27.8 Å². The highest BCUT2D eigenvalue weighted by Gasteiger charge is 2.19. The van der Waals surface area contributed by atoms with Gasteiger partial charge in [0.15, 0.2) is 5.78 Å². The largest absolute Gasteiger partial charge is 0.477 e. The average Bonchev–Trinajstić information content (AvgIpc) is 2.73. The predicted molar refractivity (Wildman–Crippen MR) is 67.7 cm³/mol. The summed E-state index contributed by atoms with van der Waals surface area (Å²) in [5.74, 6) is -2.25. The van der Waals surface area contributed by atoms with Crippen LogP contribution in [0.3, 0.4) is 0 Å². The van der Waals surface area contributed by atoms with E-state index in [-0.39, 0.29) is 27.8 Å². The number of aromatic nitrogens is 1. The highest BCUT2D eigenvalue weighted by Crippen LogP contribution is 2.26. The standard InChI is InChI=1S/C13H9ClFNO3/c1-7(17)8-5-11(13(18)19)16(6-8)12-9(14)3-2-4-10(12)15/h2-6H,1H3,(H,18,19). The van der Waals surface area contributed by atoms with Crippen molar-refractivity contribution < 1.29 is 19.1 Å². The second-order valence-corrected chi connectivity index (χ2v) is 4.32. The Labute approximate surface area is 113 Å². The van der Waals surface area contributed by atoms with Gasteiger partial charge in [0.1, 0.15) is 17.2 Å². The average molecular weight is 282 g/mol. The van der Waals surface area contributed by atoms with Gasteiger partial charge in [-0.3, -0.25) is 4.79 Å². The zero-order valence-corrected chi connectivity index (χ0v) is 10.6. The van der Waals surface area contributed by atoms with E-state index in [9.17, 15) is 14.0 Å². The Morgan fingerprint density at radius 1 is 1.37 bits per heavy atom. The molecule has 98 valence electrons. The minimum Gasteiger partial charge on any atom is -0.477 e. The summed E-state index contributed by atoms with van der Waals surface area (Å²) >= 11 is 5.89. The molecule has 0 atom stereocenters. The number of halogens is 2. The van der Waals surface area contributed by atoms with Gasteiger partial charge in [0, 0.05) is 11.8 Å². The van der Waals surface area contributed by atoms with Crippen LogP contribution < -0.4 is 0 Å². The van der Waals surface area contributed by atoms with E-state index in [1.54, 1.807) is 0 Å². The zero-order chi connectivity index (χ0) is 14.2. The van der Waals surface area contributed by atoms with Crippen LogP contribution in [0.2, 0.25) is 5.02 Å². The maximum absolute atomic E-state index is 13.8. The van der Waals surface area contributed by atoms with Crippen molar-refractivity contribution in [1.82, 2.24) is 4.57 Å². The number of carbonyl (C=O) groups is 2. The quantitative estimate of drug-likeness (QED) is 0.879. The number of rotatable bonds is 3. The van der Waals surface area contributed by atoms with Gasteiger partial charge in [-0.25, -0.2) is 9.18 Å². The fourth-order valence-electron chi connectivity index (χ4n) is 1.72. The van der Waals surface area contributed by atoms with Crippen LogP contribution in [0.25, 0.3) is 5.69 Å². The minimum absolute atomic E-state index is 0.0632. The monoisotopic (exact) mass is 281 g/mol. The van der Waals surface area contributed by atoms with Gasteiger partial charge < -0.3 is 9.67 Å². The fraction of sp³-hybridized carbons (Fsp3) is 0.0769. The Bertz CT molecular complexity index is 658. The van der Waals surface area contributed by atoms with Gasteiger partial charge in [0.2, 0.25) is 0 Å². The maximum Gasteiger partial charge on any atom is 0.352 e. The third-order valence-electron chi connectivity index (χ3n) is 2.62. The van der Waals surface area contributed by atoms with Crippen LogP contribution in [0.5, 0.6) is 0 Å². The predicted octanol–water partition coefficient (Wildman–Crippen LogP) is 3.17. The minimum atomic E-state index is -1.27. The van der Waals surface area contributed by atoms with Crippen LogP contribution in [-0.4, -0.2) is 21.4 Å². The summed E-state index contributed by atoms with van der Waals surface area (Å²) in [6, 6.07) is 5.21. The number of aromatic carboxylic acids is 1. The molecule has 0 unspecified atom stereocenters. The molecular weight excluding hydrogens is 273 g/mol. The first-order valence-electron chi connectivity index (χ1n) is 5.33. The smallest absolute Gasteiger partial charge is 0.352 e. The number of nitrogens with zero attached hydrogens (tertiary/aromatic N) is 1. The van der Waals surface area contributed by atoms with Crippen molar-refractivity contribution in [3.05, 3.63) is 52.6 Å². The van der Waals surface area contributed by atoms with E-state index in [0.29, 0.717) is 0 Å². The van der Waals surface area contributed by atoms with Crippen molar-refractivity contribution in [2.75, 3.05) is 0 Å². The van der Waals surface area contributed by atoms with Gasteiger partial charge in [-0.2, -0.15) is 0 Å². The number of para-hydroxylation sites is 1. The number of hydrogen-bond donors (Lipinski definition) is 1. The Kier molecular flexibility index (Phi) is 3.40. The summed E-state index contributed by atoms with van der Waals surface area (Å²) in [6.45, 7) is 1.30. The molecule has 0 amide bonds. The van der Waals surface area contributed by atoms with Gasteiger partial charge in [-0.15, -0.1) is 0 Å². The van der Waals surface area contributed by atoms with Crippen LogP contribution in [0.4, 0.5) is 4.39 Å². The molecule has 2 aromatic rings. The molecular formula is C13H9ClFNO3. The lowest BCUT2D eigenvalue weighted by molar-refractivity contribution is 0.0688. The lowest BCUT2D eigenvalue weighted by Gasteiger charge is -2.09. The normalized spacial score (nSPS) is 10.5. The number of ketones is 1. The molecule has 0 bridgehead atoms. The molecule has 0 radical (unpaired) electrons. The van der Waals surface area contributed by atoms with Crippen LogP contribution in [0.15, 0.2) is 30.5 Å². The first-order valence-corrected chi connectivity index (χ1v) is 5.70. The summed E-state index contributed by atoms with van der Waals surface area (Å²) in [5.41, 5.74) is -0.136. The summed E-state index contributed by atoms with van der Waals surface area (Å²) in [7, 11) is 0. The number of carboxylic acids is 1. The molecule has 4 nitrogen and oxygen atoms in total. The van der Waals surface area contributed by atoms with Crippen molar-refractivity contribution in [2.45, 2.75) is 6.92 Å². The molecule has 0 aliphatic heterocycles. The Morgan fingerprint density at radius 3 is 2.58 bits per heavy atom. The molecule has 6 heteroatoms. The molecule has 2 rings (SSSR count). The van der Waals surface area contributed by atoms with Gasteiger partial charge in [0.25, 0.3) is 0 Å². The third-order valence-corrected chi connectivity index (χ3v) is 2.93. The SMILES string of the molecule is CC(=O)c1cc(C(=O)O)n(-c2c(F)cccc2Cl)c1. The van der Waals surface area contributed by atoms with Crippen LogP contribution in [0, 0.1) is 5.82 Å². The van der Waals surface area contributed by atoms with Crippen molar-refractivity contribution >= 4 is 23.4 Å². The Morgan fingerprint density at radius 2 is 2.05 bits per heavy atom. The number of carboxylic acid groups (broad SMARTS) is 1. The molecule has 1 heterocycles. The molecule has 0 aliphatic carbocycles. The van der Waals surface area contributed by atoms with E-state index in [1.807, 2.05) is 0 Å². The molecule has 0 saturated heterocycles. The highest BCUT2D eigenvalue weighted by atomic mass is 35.5. The molecule has 1 aromatic carbocycles. The second-order valence-electron chi connectivity index (χ2n) is 3.92. The van der Waals surface area contributed by atoms with E-state index in [1.165, 1.54) is 37.4 Å². The van der Waals surface area contributed by atoms with Crippen LogP contribution in [-0.2, 0) is 0 Å². The molecule has 19 heavy (non-hydrogen) atoms. The Hall–Kier alpha value is -2.14. The fourth-order valence-corrected chi connectivity index (χ4v) is 1.98. The highest BCUT2D eigenvalue weighted by molar-refractivity contribution is 6.32. The molecule has 0 saturated carbocycles. The summed E-state index contributed by atoms with van der Waals surface area (Å²) in [5, 5.41) is 9.17. The maximum atomic E-state index is 13.8. The van der Waals surface area contributed by atoms with E-state index in [0.717, 1.165) is 4.57 Å². The van der Waals surface area contributed by atoms with E-state index < -0.39 is 11.8 Å². The van der Waals surface area contributed by atoms with Gasteiger partial charge >= 0.3 is 5.97 Å². The first kappa shape index (κ1) is 13.3. The summed E-state index contributed by atoms with van der Waals surface area (Å²) in [4.78, 5) is 22.5. The van der Waals surface area contributed by atoms with Gasteiger partial charge in [-0.1, -0.05) is 17.7 Å². The van der Waals surface area contributed by atoms with Crippen molar-refractivity contribution in [1.29, 1.82) is 0 Å². The first-order chi connectivity index (χ1) is 8.91. The number of benzene rings is 1. The van der Waals surface area contributed by atoms with Gasteiger partial charge in [-0.05, 0) is 25.1 Å². The van der Waals surface area contributed by atoms with E-state index in [4.69, 9.17) is 16.7 Å². The molecule has 0 spiro atoms. The van der Waals surface area contributed by atoms with Crippen LogP contribution >= 0.6 is 11.6 Å². The second kappa shape index (κ2) is 4.85. The van der Waals surface area contributed by atoms with E-state index in [2.05, 4.69) is 0 Å². The molecule has 0 aliphatic rings. The van der Waals surface area contributed by atoms with E-state index >= 15 is 0 Å². The lowest BCUT2D eigenvalue weighted by Crippen LogP contribution is -2.07. The molecule has 0 fully saturated rings. The Balaban J connectivity index is 2.74. The number of carbonyl (C=O) groups excluding carboxylic acids is 1. The summed E-state index contributed by atoms with van der Waals surface area (Å²) in [6.07, 6.45) is 1.26. The third kappa shape index (κ3) is 2.37. The van der Waals surface area contributed by atoms with Crippen molar-refractivity contribution in [2.24, 2.45) is 0 Å². The van der Waals surface area contributed by atoms with Crippen molar-refractivity contribution in [3.63, 3.8) is 0 Å². The number of hydrogen-bond acceptors (Lipinski definition) is 2. The van der Waals surface area contributed by atoms with Crippen molar-refractivity contribution in [3.8, 4) is 5.69 Å². The topological polar surface area (TPSA) is 59.3 Å². The molecule has 1 aromatic heterocycles. The van der Waals surface area contributed by atoms with Gasteiger partial charge in [0.05, 0.1) is 5.02 Å².